The third-order valence-electron chi connectivity index (χ3n) is 6.09. The number of piperazine rings is 1. The fraction of sp³-hybridized carbons (Fsp3) is 0.895. The normalized spacial score (nSPS) is 27.2. The van der Waals surface area contributed by atoms with Crippen molar-refractivity contribution < 1.29 is 9.59 Å². The van der Waals surface area contributed by atoms with Crippen molar-refractivity contribution in [2.75, 3.05) is 52.4 Å². The monoisotopic (exact) mass is 350 g/mol. The molecule has 3 aliphatic heterocycles. The Kier molecular flexibility index (Phi) is 6.70. The lowest BCUT2D eigenvalue weighted by Gasteiger charge is -2.37. The van der Waals surface area contributed by atoms with Crippen LogP contribution >= 0.6 is 0 Å². The maximum atomic E-state index is 12.7. The molecule has 3 saturated heterocycles. The Bertz CT molecular complexity index is 454. The summed E-state index contributed by atoms with van der Waals surface area (Å²) < 4.78 is 0. The van der Waals surface area contributed by atoms with Gasteiger partial charge < -0.3 is 15.1 Å². The molecule has 3 rings (SSSR count). The molecular weight excluding hydrogens is 316 g/mol. The highest BCUT2D eigenvalue weighted by Crippen LogP contribution is 2.22. The number of carbonyl (C=O) groups excluding carboxylic acids is 2. The quantitative estimate of drug-likeness (QED) is 0.822. The van der Waals surface area contributed by atoms with Crippen LogP contribution in [0, 0.1) is 5.92 Å². The molecule has 0 bridgehead atoms. The van der Waals surface area contributed by atoms with Gasteiger partial charge in [-0.15, -0.1) is 0 Å². The van der Waals surface area contributed by atoms with Crippen LogP contribution in [-0.2, 0) is 9.59 Å². The number of hydrogen-bond donors (Lipinski definition) is 1. The number of likely N-dealkylation sites (tertiary alicyclic amines) is 2. The van der Waals surface area contributed by atoms with Crippen molar-refractivity contribution in [2.45, 2.75) is 51.5 Å². The molecule has 0 aromatic rings. The molecule has 0 aromatic carbocycles. The van der Waals surface area contributed by atoms with Crippen LogP contribution in [0.2, 0.25) is 0 Å². The van der Waals surface area contributed by atoms with Crippen LogP contribution in [-0.4, -0.2) is 84.9 Å². The highest BCUT2D eigenvalue weighted by molar-refractivity contribution is 5.81. The summed E-state index contributed by atoms with van der Waals surface area (Å²) in [5.41, 5.74) is 0. The van der Waals surface area contributed by atoms with Gasteiger partial charge in [0, 0.05) is 57.8 Å². The lowest BCUT2D eigenvalue weighted by Crippen LogP contribution is -2.54. The summed E-state index contributed by atoms with van der Waals surface area (Å²) in [5, 5.41) is 3.36. The number of hydrogen-bond acceptors (Lipinski definition) is 4. The van der Waals surface area contributed by atoms with Gasteiger partial charge in [-0.3, -0.25) is 14.5 Å². The van der Waals surface area contributed by atoms with E-state index in [0.717, 1.165) is 71.5 Å². The SMILES string of the molecule is C[C@H]1CNCCN1CC(=O)N1CCC(C(=O)N2CCCCCC2)CC1. The van der Waals surface area contributed by atoms with E-state index in [1.807, 2.05) is 4.90 Å². The molecule has 0 radical (unpaired) electrons. The first-order valence-corrected chi connectivity index (χ1v) is 10.2. The van der Waals surface area contributed by atoms with Crippen LogP contribution in [0.15, 0.2) is 0 Å². The van der Waals surface area contributed by atoms with Crippen LogP contribution in [0.25, 0.3) is 0 Å². The fourth-order valence-electron chi connectivity index (χ4n) is 4.32. The average Bonchev–Trinajstić information content (AvgIpc) is 2.92. The van der Waals surface area contributed by atoms with Crippen molar-refractivity contribution in [3.05, 3.63) is 0 Å². The summed E-state index contributed by atoms with van der Waals surface area (Å²) >= 11 is 0. The van der Waals surface area contributed by atoms with Crippen molar-refractivity contribution >= 4 is 11.8 Å². The highest BCUT2D eigenvalue weighted by Gasteiger charge is 2.31. The van der Waals surface area contributed by atoms with Crippen LogP contribution in [0.4, 0.5) is 0 Å². The van der Waals surface area contributed by atoms with Gasteiger partial charge in [-0.25, -0.2) is 0 Å². The van der Waals surface area contributed by atoms with E-state index in [9.17, 15) is 9.59 Å². The second kappa shape index (κ2) is 8.99. The van der Waals surface area contributed by atoms with Crippen molar-refractivity contribution in [1.29, 1.82) is 0 Å². The van der Waals surface area contributed by atoms with Crippen molar-refractivity contribution in [1.82, 2.24) is 20.0 Å². The molecule has 0 unspecified atom stereocenters. The zero-order valence-electron chi connectivity index (χ0n) is 15.7. The fourth-order valence-corrected chi connectivity index (χ4v) is 4.32. The number of carbonyl (C=O) groups is 2. The molecule has 0 saturated carbocycles. The Morgan fingerprint density at radius 1 is 0.920 bits per heavy atom. The first kappa shape index (κ1) is 18.6. The Hall–Kier alpha value is -1.14. The third kappa shape index (κ3) is 4.94. The van der Waals surface area contributed by atoms with E-state index in [4.69, 9.17) is 0 Å². The summed E-state index contributed by atoms with van der Waals surface area (Å²) in [6.45, 7) is 8.89. The van der Waals surface area contributed by atoms with Gasteiger partial charge in [0.05, 0.1) is 6.54 Å². The summed E-state index contributed by atoms with van der Waals surface area (Å²) in [5.74, 6) is 0.694. The van der Waals surface area contributed by atoms with E-state index in [-0.39, 0.29) is 11.8 Å². The lowest BCUT2D eigenvalue weighted by molar-refractivity contribution is -0.141. The summed E-state index contributed by atoms with van der Waals surface area (Å²) in [7, 11) is 0. The van der Waals surface area contributed by atoms with Gasteiger partial charge in [0.25, 0.3) is 0 Å². The minimum atomic E-state index is 0.125. The van der Waals surface area contributed by atoms with Crippen LogP contribution in [0.3, 0.4) is 0 Å². The first-order chi connectivity index (χ1) is 12.1. The summed E-state index contributed by atoms with van der Waals surface area (Å²) in [6.07, 6.45) is 6.45. The largest absolute Gasteiger partial charge is 0.342 e. The molecule has 6 heteroatoms. The first-order valence-electron chi connectivity index (χ1n) is 10.2. The molecule has 1 N–H and O–H groups in total. The molecule has 3 aliphatic rings. The second-order valence-electron chi connectivity index (χ2n) is 7.92. The van der Waals surface area contributed by atoms with Crippen LogP contribution < -0.4 is 5.32 Å². The third-order valence-corrected chi connectivity index (χ3v) is 6.09. The van der Waals surface area contributed by atoms with E-state index < -0.39 is 0 Å². The molecule has 0 aliphatic carbocycles. The van der Waals surface area contributed by atoms with Gasteiger partial charge in [0.1, 0.15) is 0 Å². The van der Waals surface area contributed by atoms with Crippen LogP contribution in [0.5, 0.6) is 0 Å². The molecular formula is C19H34N4O2. The topological polar surface area (TPSA) is 55.9 Å². The lowest BCUT2D eigenvalue weighted by atomic mass is 9.95. The van der Waals surface area contributed by atoms with Crippen LogP contribution in [0.1, 0.15) is 45.4 Å². The smallest absolute Gasteiger partial charge is 0.236 e. The molecule has 3 fully saturated rings. The molecule has 6 nitrogen and oxygen atoms in total. The van der Waals surface area contributed by atoms with Gasteiger partial charge in [-0.05, 0) is 32.6 Å². The number of piperidine rings is 1. The number of nitrogens with one attached hydrogen (secondary N) is 1. The minimum Gasteiger partial charge on any atom is -0.342 e. The predicted molar refractivity (Wildman–Crippen MR) is 98.3 cm³/mol. The average molecular weight is 351 g/mol. The van der Waals surface area contributed by atoms with E-state index in [1.54, 1.807) is 0 Å². The maximum absolute atomic E-state index is 12.7. The maximum Gasteiger partial charge on any atom is 0.236 e. The van der Waals surface area contributed by atoms with E-state index >= 15 is 0 Å². The van der Waals surface area contributed by atoms with E-state index in [0.29, 0.717) is 18.5 Å². The molecule has 3 heterocycles. The van der Waals surface area contributed by atoms with Crippen molar-refractivity contribution in [3.63, 3.8) is 0 Å². The number of amides is 2. The van der Waals surface area contributed by atoms with Gasteiger partial charge in [-0.1, -0.05) is 12.8 Å². The Balaban J connectivity index is 1.44. The minimum absolute atomic E-state index is 0.125. The van der Waals surface area contributed by atoms with Gasteiger partial charge in [0.15, 0.2) is 0 Å². The molecule has 142 valence electrons. The molecule has 25 heavy (non-hydrogen) atoms. The predicted octanol–water partition coefficient (Wildman–Crippen LogP) is 0.921. The van der Waals surface area contributed by atoms with E-state index in [2.05, 4.69) is 22.0 Å². The van der Waals surface area contributed by atoms with Gasteiger partial charge in [-0.2, -0.15) is 0 Å². The molecule has 0 spiro atoms. The molecule has 2 amide bonds. The second-order valence-corrected chi connectivity index (χ2v) is 7.92. The zero-order valence-corrected chi connectivity index (χ0v) is 15.7. The Morgan fingerprint density at radius 2 is 1.60 bits per heavy atom. The molecule has 1 atom stereocenters. The molecule has 0 aromatic heterocycles. The Morgan fingerprint density at radius 3 is 2.24 bits per heavy atom. The standard InChI is InChI=1S/C19H34N4O2/c1-16-14-20-8-13-23(16)15-18(24)21-11-6-17(7-12-21)19(25)22-9-4-2-3-5-10-22/h16-17,20H,2-15H2,1H3/t16-/m0/s1. The number of rotatable bonds is 3. The Labute approximate surface area is 151 Å². The number of nitrogens with zero attached hydrogens (tertiary/aromatic N) is 3. The van der Waals surface area contributed by atoms with Crippen molar-refractivity contribution in [2.24, 2.45) is 5.92 Å². The highest BCUT2D eigenvalue weighted by atomic mass is 16.2. The van der Waals surface area contributed by atoms with Crippen molar-refractivity contribution in [3.8, 4) is 0 Å². The van der Waals surface area contributed by atoms with Gasteiger partial charge in [0.2, 0.25) is 11.8 Å². The van der Waals surface area contributed by atoms with E-state index in [1.165, 1.54) is 12.8 Å². The zero-order chi connectivity index (χ0) is 17.6. The van der Waals surface area contributed by atoms with Gasteiger partial charge >= 0.3 is 0 Å². The summed E-state index contributed by atoms with van der Waals surface area (Å²) in [4.78, 5) is 31.7. The summed E-state index contributed by atoms with van der Waals surface area (Å²) in [6, 6.07) is 0.417.